The number of fused-ring (bicyclic) bond motifs is 9. The van der Waals surface area contributed by atoms with Crippen molar-refractivity contribution in [3.8, 4) is 5.69 Å². The number of rotatable bonds is 1. The molecule has 0 bridgehead atoms. The van der Waals surface area contributed by atoms with Gasteiger partial charge >= 0.3 is 0 Å². The summed E-state index contributed by atoms with van der Waals surface area (Å²) < 4.78 is 4.66. The molecule has 4 heterocycles. The SMILES string of the molecule is c1ccc(-n2c3ccccc3c3c4c5c6ccccc6cnc5n5ccc(cc32)c45)cc1. The van der Waals surface area contributed by atoms with Gasteiger partial charge in [0.15, 0.2) is 0 Å². The molecule has 3 nitrogen and oxygen atoms in total. The smallest absolute Gasteiger partial charge is 0.145 e. The normalized spacial score (nSPS) is 12.4. The maximum atomic E-state index is 4.91. The Morgan fingerprint density at radius 2 is 1.38 bits per heavy atom. The standard InChI is InChI=1S/C29H17N3/c1-2-9-20(10-3-1)32-23-13-7-6-12-22(23)25-24(32)16-18-14-15-31-28(18)27(25)26-21-11-5-4-8-19(21)17-30-29(26)31/h1-17H. The fourth-order valence-corrected chi connectivity index (χ4v) is 5.61. The number of hydrogen-bond acceptors (Lipinski definition) is 1. The van der Waals surface area contributed by atoms with E-state index in [-0.39, 0.29) is 0 Å². The fraction of sp³-hybridized carbons (Fsp3) is 0. The zero-order chi connectivity index (χ0) is 20.8. The Labute approximate surface area is 183 Å². The second-order valence-electron chi connectivity index (χ2n) is 8.50. The summed E-state index contributed by atoms with van der Waals surface area (Å²) in [6.45, 7) is 0. The van der Waals surface area contributed by atoms with E-state index in [4.69, 9.17) is 4.98 Å². The van der Waals surface area contributed by atoms with Crippen molar-refractivity contribution in [1.82, 2.24) is 14.0 Å². The fourth-order valence-electron chi connectivity index (χ4n) is 5.61. The number of para-hydroxylation sites is 2. The van der Waals surface area contributed by atoms with Crippen molar-refractivity contribution in [1.29, 1.82) is 0 Å². The molecule has 0 saturated heterocycles. The van der Waals surface area contributed by atoms with Gasteiger partial charge in [0, 0.05) is 50.4 Å². The Bertz CT molecular complexity index is 1970. The van der Waals surface area contributed by atoms with E-state index in [1.54, 1.807) is 0 Å². The highest BCUT2D eigenvalue weighted by Gasteiger charge is 2.22. The van der Waals surface area contributed by atoms with Gasteiger partial charge < -0.3 is 8.97 Å². The van der Waals surface area contributed by atoms with Crippen LogP contribution in [0.15, 0.2) is 103 Å². The Morgan fingerprint density at radius 3 is 2.28 bits per heavy atom. The van der Waals surface area contributed by atoms with Crippen LogP contribution in [0.1, 0.15) is 0 Å². The van der Waals surface area contributed by atoms with Crippen LogP contribution in [0.2, 0.25) is 0 Å². The summed E-state index contributed by atoms with van der Waals surface area (Å²) in [5.74, 6) is 0. The van der Waals surface area contributed by atoms with E-state index in [0.717, 1.165) is 5.65 Å². The van der Waals surface area contributed by atoms with Crippen LogP contribution in [-0.2, 0) is 0 Å². The summed E-state index contributed by atoms with van der Waals surface area (Å²) in [4.78, 5) is 4.91. The first-order valence-electron chi connectivity index (χ1n) is 10.9. The lowest BCUT2D eigenvalue weighted by atomic mass is 10.0. The van der Waals surface area contributed by atoms with Crippen molar-refractivity contribution in [3.05, 3.63) is 103 Å². The van der Waals surface area contributed by atoms with Crippen LogP contribution in [0.3, 0.4) is 0 Å². The van der Waals surface area contributed by atoms with Crippen molar-refractivity contribution < 1.29 is 0 Å². The predicted molar refractivity (Wildman–Crippen MR) is 133 cm³/mol. The van der Waals surface area contributed by atoms with Crippen LogP contribution in [0.4, 0.5) is 0 Å². The van der Waals surface area contributed by atoms with Crippen LogP contribution >= 0.6 is 0 Å². The Morgan fingerprint density at radius 1 is 0.594 bits per heavy atom. The quantitative estimate of drug-likeness (QED) is 0.279. The summed E-state index contributed by atoms with van der Waals surface area (Å²) in [5.41, 5.74) is 5.92. The third kappa shape index (κ3) is 1.85. The predicted octanol–water partition coefficient (Wildman–Crippen LogP) is 7.33. The minimum atomic E-state index is 1.03. The first kappa shape index (κ1) is 16.3. The molecule has 0 aliphatic carbocycles. The van der Waals surface area contributed by atoms with Gasteiger partial charge in [-0.2, -0.15) is 0 Å². The average Bonchev–Trinajstić information content (AvgIpc) is 3.52. The highest BCUT2D eigenvalue weighted by Crippen LogP contribution is 2.44. The van der Waals surface area contributed by atoms with E-state index in [1.807, 2.05) is 6.20 Å². The van der Waals surface area contributed by atoms with Gasteiger partial charge in [-0.05, 0) is 35.7 Å². The molecule has 3 heteroatoms. The molecule has 0 saturated carbocycles. The highest BCUT2D eigenvalue weighted by molar-refractivity contribution is 6.35. The molecule has 0 N–H and O–H groups in total. The van der Waals surface area contributed by atoms with E-state index in [9.17, 15) is 0 Å². The minimum absolute atomic E-state index is 1.03. The van der Waals surface area contributed by atoms with Crippen LogP contribution in [0.5, 0.6) is 0 Å². The lowest BCUT2D eigenvalue weighted by Gasteiger charge is -2.08. The molecule has 32 heavy (non-hydrogen) atoms. The van der Waals surface area contributed by atoms with E-state index in [0.29, 0.717) is 0 Å². The highest BCUT2D eigenvalue weighted by atomic mass is 15.0. The summed E-state index contributed by atoms with van der Waals surface area (Å²) in [5, 5.41) is 8.79. The molecule has 0 spiro atoms. The van der Waals surface area contributed by atoms with E-state index in [2.05, 4.69) is 106 Å². The minimum Gasteiger partial charge on any atom is -0.309 e. The maximum Gasteiger partial charge on any atom is 0.145 e. The summed E-state index contributed by atoms with van der Waals surface area (Å²) in [6, 6.07) is 32.6. The van der Waals surface area contributed by atoms with Gasteiger partial charge in [0.1, 0.15) is 5.65 Å². The number of pyridine rings is 1. The van der Waals surface area contributed by atoms with Gasteiger partial charge in [0.25, 0.3) is 0 Å². The molecule has 148 valence electrons. The van der Waals surface area contributed by atoms with Crippen molar-refractivity contribution >= 4 is 59.9 Å². The molecule has 0 radical (unpaired) electrons. The Kier molecular flexibility index (Phi) is 2.89. The van der Waals surface area contributed by atoms with Crippen LogP contribution in [-0.4, -0.2) is 14.0 Å². The molecule has 4 aromatic carbocycles. The molecule has 0 unspecified atom stereocenters. The third-order valence-corrected chi connectivity index (χ3v) is 6.88. The van der Waals surface area contributed by atoms with Gasteiger partial charge in [0.05, 0.1) is 16.6 Å². The second kappa shape index (κ2) is 5.65. The van der Waals surface area contributed by atoms with Crippen molar-refractivity contribution in [2.45, 2.75) is 0 Å². The second-order valence-corrected chi connectivity index (χ2v) is 8.50. The number of hydrogen-bond donors (Lipinski definition) is 0. The first-order chi connectivity index (χ1) is 15.9. The summed E-state index contributed by atoms with van der Waals surface area (Å²) in [7, 11) is 0. The van der Waals surface area contributed by atoms with E-state index < -0.39 is 0 Å². The van der Waals surface area contributed by atoms with Crippen molar-refractivity contribution in [2.24, 2.45) is 0 Å². The number of aromatic nitrogens is 3. The van der Waals surface area contributed by atoms with E-state index >= 15 is 0 Å². The van der Waals surface area contributed by atoms with Gasteiger partial charge in [-0.25, -0.2) is 4.98 Å². The van der Waals surface area contributed by atoms with Crippen LogP contribution in [0, 0.1) is 0 Å². The maximum absolute atomic E-state index is 4.91. The van der Waals surface area contributed by atoms with Gasteiger partial charge in [-0.1, -0.05) is 60.7 Å². The largest absolute Gasteiger partial charge is 0.309 e. The molecule has 8 rings (SSSR count). The Balaban J connectivity index is 1.75. The zero-order valence-corrected chi connectivity index (χ0v) is 17.2. The summed E-state index contributed by atoms with van der Waals surface area (Å²) >= 11 is 0. The zero-order valence-electron chi connectivity index (χ0n) is 17.2. The molecule has 4 aromatic heterocycles. The topological polar surface area (TPSA) is 22.2 Å². The lowest BCUT2D eigenvalue weighted by molar-refractivity contribution is 1.18. The van der Waals surface area contributed by atoms with Crippen molar-refractivity contribution in [3.63, 3.8) is 0 Å². The Hall–Kier alpha value is -4.37. The molecular weight excluding hydrogens is 390 g/mol. The van der Waals surface area contributed by atoms with E-state index in [1.165, 1.54) is 59.9 Å². The van der Waals surface area contributed by atoms with Gasteiger partial charge in [-0.15, -0.1) is 0 Å². The van der Waals surface area contributed by atoms with Gasteiger partial charge in [-0.3, -0.25) is 0 Å². The van der Waals surface area contributed by atoms with Crippen LogP contribution in [0.25, 0.3) is 65.6 Å². The molecular formula is C29H17N3. The van der Waals surface area contributed by atoms with Crippen LogP contribution < -0.4 is 0 Å². The number of nitrogens with zero attached hydrogens (tertiary/aromatic N) is 3. The number of benzene rings is 4. The van der Waals surface area contributed by atoms with Crippen molar-refractivity contribution in [2.75, 3.05) is 0 Å². The first-order valence-corrected chi connectivity index (χ1v) is 10.9. The summed E-state index contributed by atoms with van der Waals surface area (Å²) in [6.07, 6.45) is 4.16. The molecule has 0 aliphatic rings. The average molecular weight is 407 g/mol. The lowest BCUT2D eigenvalue weighted by Crippen LogP contribution is -1.92. The molecule has 0 atom stereocenters. The monoisotopic (exact) mass is 407 g/mol. The molecule has 0 aliphatic heterocycles. The molecule has 8 aromatic rings. The third-order valence-electron chi connectivity index (χ3n) is 6.88. The molecule has 0 amide bonds. The molecule has 0 fully saturated rings. The van der Waals surface area contributed by atoms with Gasteiger partial charge in [0.2, 0.25) is 0 Å².